The molecule has 0 saturated heterocycles. The first-order chi connectivity index (χ1) is 11.5. The van der Waals surface area contributed by atoms with Crippen LogP contribution < -0.4 is 15.6 Å². The Labute approximate surface area is 144 Å². The molecule has 1 aromatic carbocycles. The van der Waals surface area contributed by atoms with Crippen LogP contribution in [0.1, 0.15) is 37.3 Å². The van der Waals surface area contributed by atoms with Crippen LogP contribution in [0.15, 0.2) is 34.2 Å². The predicted octanol–water partition coefficient (Wildman–Crippen LogP) is 2.75. The molecule has 0 spiro atoms. The van der Waals surface area contributed by atoms with Gasteiger partial charge in [-0.05, 0) is 26.2 Å². The van der Waals surface area contributed by atoms with E-state index in [1.54, 1.807) is 0 Å². The summed E-state index contributed by atoms with van der Waals surface area (Å²) in [5.41, 5.74) is 1.08. The van der Waals surface area contributed by atoms with Gasteiger partial charge in [-0.15, -0.1) is 0 Å². The number of H-pyrrole nitrogens is 1. The number of benzene rings is 1. The number of carbonyl (C=O) groups excluding carboxylic acids is 1. The highest BCUT2D eigenvalue weighted by Crippen LogP contribution is 2.38. The van der Waals surface area contributed by atoms with Crippen molar-refractivity contribution in [2.45, 2.75) is 37.4 Å². The lowest BCUT2D eigenvalue weighted by atomic mass is 9.86. The average molecular weight is 345 g/mol. The molecular weight excluding hydrogens is 326 g/mol. The molecule has 0 radical (unpaired) electrons. The van der Waals surface area contributed by atoms with Gasteiger partial charge in [0, 0.05) is 17.9 Å². The highest BCUT2D eigenvalue weighted by molar-refractivity contribution is 7.98. The molecule has 2 heterocycles. The zero-order chi connectivity index (χ0) is 17.3. The Balaban J connectivity index is 2.15. The van der Waals surface area contributed by atoms with Gasteiger partial charge in [-0.25, -0.2) is 4.98 Å². The smallest absolute Gasteiger partial charge is 0.257 e. The van der Waals surface area contributed by atoms with Crippen LogP contribution in [0.5, 0.6) is 5.75 Å². The van der Waals surface area contributed by atoms with Crippen molar-refractivity contribution in [3.63, 3.8) is 0 Å². The van der Waals surface area contributed by atoms with Crippen LogP contribution in [0.25, 0.3) is 0 Å². The van der Waals surface area contributed by atoms with Gasteiger partial charge in [0.1, 0.15) is 11.6 Å². The van der Waals surface area contributed by atoms with Gasteiger partial charge >= 0.3 is 0 Å². The molecule has 2 aromatic rings. The number of anilines is 1. The zero-order valence-corrected chi connectivity index (χ0v) is 14.6. The summed E-state index contributed by atoms with van der Waals surface area (Å²) in [7, 11) is 0. The lowest BCUT2D eigenvalue weighted by Gasteiger charge is -2.26. The van der Waals surface area contributed by atoms with Crippen molar-refractivity contribution < 1.29 is 9.53 Å². The Morgan fingerprint density at radius 3 is 2.75 bits per heavy atom. The minimum absolute atomic E-state index is 0.00156. The second kappa shape index (κ2) is 6.68. The van der Waals surface area contributed by atoms with Crippen molar-refractivity contribution in [3.8, 4) is 5.75 Å². The van der Waals surface area contributed by atoms with E-state index in [-0.39, 0.29) is 29.9 Å². The number of carbonyl (C=O) groups is 1. The number of rotatable bonds is 4. The third kappa shape index (κ3) is 3.17. The number of hydrogen-bond acceptors (Lipinski definition) is 5. The lowest BCUT2D eigenvalue weighted by molar-refractivity contribution is -0.116. The van der Waals surface area contributed by atoms with Gasteiger partial charge in [-0.1, -0.05) is 30.0 Å². The van der Waals surface area contributed by atoms with E-state index in [1.807, 2.05) is 44.4 Å². The van der Waals surface area contributed by atoms with E-state index < -0.39 is 0 Å². The van der Waals surface area contributed by atoms with Crippen molar-refractivity contribution in [1.82, 2.24) is 9.97 Å². The minimum atomic E-state index is -0.379. The van der Waals surface area contributed by atoms with E-state index in [9.17, 15) is 9.59 Å². The highest BCUT2D eigenvalue weighted by atomic mass is 32.2. The summed E-state index contributed by atoms with van der Waals surface area (Å²) in [5.74, 6) is 0.489. The van der Waals surface area contributed by atoms with E-state index in [0.717, 1.165) is 5.56 Å². The molecule has 0 fully saturated rings. The van der Waals surface area contributed by atoms with Crippen LogP contribution in [0.3, 0.4) is 0 Å². The Morgan fingerprint density at radius 1 is 1.29 bits per heavy atom. The summed E-state index contributed by atoms with van der Waals surface area (Å²) in [6, 6.07) is 7.52. The monoisotopic (exact) mass is 345 g/mol. The number of para-hydroxylation sites is 1. The zero-order valence-electron chi connectivity index (χ0n) is 13.8. The van der Waals surface area contributed by atoms with Gasteiger partial charge in [0.2, 0.25) is 5.91 Å². The average Bonchev–Trinajstić information content (AvgIpc) is 2.53. The fourth-order valence-corrected chi connectivity index (χ4v) is 3.22. The summed E-state index contributed by atoms with van der Waals surface area (Å²) in [6.07, 6.45) is 2.01. The van der Waals surface area contributed by atoms with Crippen molar-refractivity contribution in [2.24, 2.45) is 0 Å². The fraction of sp³-hybridized carbons (Fsp3) is 0.353. The Kier molecular flexibility index (Phi) is 4.62. The molecule has 6 nitrogen and oxygen atoms in total. The minimum Gasteiger partial charge on any atom is -0.491 e. The molecule has 2 N–H and O–H groups in total. The molecule has 7 heteroatoms. The first kappa shape index (κ1) is 16.6. The number of amides is 1. The van der Waals surface area contributed by atoms with Crippen LogP contribution in [-0.2, 0) is 4.79 Å². The number of fused-ring (bicyclic) bond motifs is 1. The van der Waals surface area contributed by atoms with Crippen LogP contribution in [-0.4, -0.2) is 28.2 Å². The van der Waals surface area contributed by atoms with Gasteiger partial charge in [0.05, 0.1) is 11.7 Å². The molecule has 0 saturated carbocycles. The quantitative estimate of drug-likeness (QED) is 0.657. The van der Waals surface area contributed by atoms with Crippen molar-refractivity contribution in [1.29, 1.82) is 0 Å². The second-order valence-electron chi connectivity index (χ2n) is 5.85. The summed E-state index contributed by atoms with van der Waals surface area (Å²) < 4.78 is 5.87. The maximum Gasteiger partial charge on any atom is 0.257 e. The van der Waals surface area contributed by atoms with Crippen LogP contribution in [0.2, 0.25) is 0 Å². The first-order valence-corrected chi connectivity index (χ1v) is 8.95. The molecule has 1 atom stereocenters. The largest absolute Gasteiger partial charge is 0.491 e. The third-order valence-corrected chi connectivity index (χ3v) is 4.36. The molecule has 1 unspecified atom stereocenters. The summed E-state index contributed by atoms with van der Waals surface area (Å²) in [6.45, 7) is 3.88. The van der Waals surface area contributed by atoms with Gasteiger partial charge in [0.15, 0.2) is 5.16 Å². The van der Waals surface area contributed by atoms with Crippen molar-refractivity contribution in [3.05, 3.63) is 45.7 Å². The topological polar surface area (TPSA) is 84.1 Å². The Bertz CT molecular complexity index is 832. The number of thioether (sulfide) groups is 1. The summed E-state index contributed by atoms with van der Waals surface area (Å²) in [4.78, 5) is 31.8. The number of aromatic amines is 1. The number of nitrogens with zero attached hydrogens (tertiary/aromatic N) is 1. The normalized spacial score (nSPS) is 16.7. The summed E-state index contributed by atoms with van der Waals surface area (Å²) in [5, 5.41) is 3.19. The second-order valence-corrected chi connectivity index (χ2v) is 6.64. The number of aromatic nitrogens is 2. The molecule has 1 aromatic heterocycles. The van der Waals surface area contributed by atoms with Crippen LogP contribution >= 0.6 is 11.8 Å². The van der Waals surface area contributed by atoms with E-state index in [4.69, 9.17) is 4.74 Å². The number of ether oxygens (including phenoxy) is 1. The highest BCUT2D eigenvalue weighted by Gasteiger charge is 2.32. The Hall–Kier alpha value is -2.28. The predicted molar refractivity (Wildman–Crippen MR) is 93.9 cm³/mol. The molecule has 3 rings (SSSR count). The summed E-state index contributed by atoms with van der Waals surface area (Å²) >= 11 is 1.32. The number of hydrogen-bond donors (Lipinski definition) is 2. The molecule has 126 valence electrons. The molecule has 1 amide bonds. The molecular formula is C17H19N3O3S. The van der Waals surface area contributed by atoms with Gasteiger partial charge < -0.3 is 15.0 Å². The lowest BCUT2D eigenvalue weighted by Crippen LogP contribution is -2.31. The van der Waals surface area contributed by atoms with E-state index in [1.165, 1.54) is 11.8 Å². The van der Waals surface area contributed by atoms with Crippen LogP contribution in [0.4, 0.5) is 5.82 Å². The van der Waals surface area contributed by atoms with Crippen molar-refractivity contribution >= 4 is 23.5 Å². The number of nitrogens with one attached hydrogen (secondary N) is 2. The van der Waals surface area contributed by atoms with E-state index >= 15 is 0 Å². The van der Waals surface area contributed by atoms with E-state index in [0.29, 0.717) is 22.3 Å². The fourth-order valence-electron chi connectivity index (χ4n) is 2.84. The maximum absolute atomic E-state index is 12.6. The molecule has 1 aliphatic rings. The first-order valence-electron chi connectivity index (χ1n) is 7.73. The Morgan fingerprint density at radius 2 is 2.04 bits per heavy atom. The van der Waals surface area contributed by atoms with E-state index in [2.05, 4.69) is 15.3 Å². The van der Waals surface area contributed by atoms with Gasteiger partial charge in [-0.3, -0.25) is 9.59 Å². The van der Waals surface area contributed by atoms with Gasteiger partial charge in [0.25, 0.3) is 5.56 Å². The maximum atomic E-state index is 12.6. The molecule has 24 heavy (non-hydrogen) atoms. The van der Waals surface area contributed by atoms with Crippen LogP contribution in [0, 0.1) is 0 Å². The molecule has 1 aliphatic heterocycles. The SMILES string of the molecule is CSc1nc2c(c(=O)[nH]1)C(c1ccccc1OC(C)C)CC(=O)N2. The molecule has 0 aliphatic carbocycles. The standard InChI is InChI=1S/C17H19N3O3S/c1-9(2)23-12-7-5-4-6-10(12)11-8-13(21)18-15-14(11)16(22)20-17(19-15)24-3/h4-7,9,11H,8H2,1-3H3,(H2,18,19,20,21,22). The molecule has 0 bridgehead atoms. The van der Waals surface area contributed by atoms with Crippen molar-refractivity contribution in [2.75, 3.05) is 11.6 Å². The third-order valence-electron chi connectivity index (χ3n) is 3.78. The van der Waals surface area contributed by atoms with Gasteiger partial charge in [-0.2, -0.15) is 0 Å².